The molecule has 3 nitrogen and oxygen atoms in total. The van der Waals surface area contributed by atoms with Crippen LogP contribution < -0.4 is 10.5 Å². The van der Waals surface area contributed by atoms with Crippen molar-refractivity contribution in [3.63, 3.8) is 0 Å². The maximum absolute atomic E-state index is 6.20. The van der Waals surface area contributed by atoms with Crippen molar-refractivity contribution >= 4 is 0 Å². The standard InChI is InChI=1S/C16H26N2O/c1-12(18(2)15-9-6-8-14(15)17)11-13-7-4-5-10-16(13)19-3/h4-5,7,10,12,14-15H,6,8-9,11,17H2,1-3H3. The van der Waals surface area contributed by atoms with Crippen LogP contribution in [0.4, 0.5) is 0 Å². The summed E-state index contributed by atoms with van der Waals surface area (Å²) in [5.41, 5.74) is 7.47. The third kappa shape index (κ3) is 3.28. The second-order valence-corrected chi connectivity index (χ2v) is 5.69. The topological polar surface area (TPSA) is 38.5 Å². The second-order valence-electron chi connectivity index (χ2n) is 5.69. The Bertz CT molecular complexity index is 407. The number of methoxy groups -OCH3 is 1. The van der Waals surface area contributed by atoms with Crippen LogP contribution in [0.2, 0.25) is 0 Å². The van der Waals surface area contributed by atoms with Gasteiger partial charge in [-0.2, -0.15) is 0 Å². The molecule has 0 bridgehead atoms. The first kappa shape index (κ1) is 14.4. The lowest BCUT2D eigenvalue weighted by Gasteiger charge is -2.33. The molecule has 0 saturated heterocycles. The Kier molecular flexibility index (Phi) is 4.83. The van der Waals surface area contributed by atoms with Gasteiger partial charge in [-0.05, 0) is 44.9 Å². The van der Waals surface area contributed by atoms with E-state index in [0.717, 1.165) is 18.6 Å². The molecule has 1 saturated carbocycles. The van der Waals surface area contributed by atoms with Crippen molar-refractivity contribution in [1.29, 1.82) is 0 Å². The molecule has 106 valence electrons. The minimum atomic E-state index is 0.338. The molecule has 1 aromatic rings. The van der Waals surface area contributed by atoms with Gasteiger partial charge >= 0.3 is 0 Å². The molecule has 0 spiro atoms. The summed E-state index contributed by atoms with van der Waals surface area (Å²) in [6.07, 6.45) is 4.66. The van der Waals surface area contributed by atoms with E-state index in [1.807, 2.05) is 12.1 Å². The summed E-state index contributed by atoms with van der Waals surface area (Å²) >= 11 is 0. The molecule has 3 atom stereocenters. The molecule has 0 heterocycles. The number of rotatable bonds is 5. The lowest BCUT2D eigenvalue weighted by molar-refractivity contribution is 0.172. The van der Waals surface area contributed by atoms with Crippen LogP contribution in [0.3, 0.4) is 0 Å². The quantitative estimate of drug-likeness (QED) is 0.886. The van der Waals surface area contributed by atoms with Gasteiger partial charge in [-0.3, -0.25) is 4.90 Å². The van der Waals surface area contributed by atoms with E-state index >= 15 is 0 Å². The van der Waals surface area contributed by atoms with Crippen LogP contribution in [0.5, 0.6) is 5.75 Å². The van der Waals surface area contributed by atoms with Crippen molar-refractivity contribution in [3.05, 3.63) is 29.8 Å². The van der Waals surface area contributed by atoms with Crippen molar-refractivity contribution in [2.24, 2.45) is 5.73 Å². The van der Waals surface area contributed by atoms with Crippen LogP contribution in [-0.2, 0) is 6.42 Å². The van der Waals surface area contributed by atoms with E-state index in [0.29, 0.717) is 18.1 Å². The Morgan fingerprint density at radius 2 is 2.11 bits per heavy atom. The average molecular weight is 262 g/mol. The maximum atomic E-state index is 6.20. The van der Waals surface area contributed by atoms with E-state index in [1.54, 1.807) is 7.11 Å². The molecule has 0 aliphatic heterocycles. The van der Waals surface area contributed by atoms with Gasteiger partial charge in [0, 0.05) is 18.1 Å². The van der Waals surface area contributed by atoms with Crippen LogP contribution in [0.25, 0.3) is 0 Å². The van der Waals surface area contributed by atoms with Gasteiger partial charge in [0.2, 0.25) is 0 Å². The zero-order chi connectivity index (χ0) is 13.8. The summed E-state index contributed by atoms with van der Waals surface area (Å²) in [5.74, 6) is 0.985. The Morgan fingerprint density at radius 3 is 2.74 bits per heavy atom. The highest BCUT2D eigenvalue weighted by Gasteiger charge is 2.29. The maximum Gasteiger partial charge on any atom is 0.122 e. The number of ether oxygens (including phenoxy) is 1. The first-order valence-electron chi connectivity index (χ1n) is 7.23. The number of para-hydroxylation sites is 1. The van der Waals surface area contributed by atoms with Gasteiger partial charge in [0.15, 0.2) is 0 Å². The van der Waals surface area contributed by atoms with Gasteiger partial charge in [0.1, 0.15) is 5.75 Å². The van der Waals surface area contributed by atoms with Crippen molar-refractivity contribution in [2.75, 3.05) is 14.2 Å². The summed E-state index contributed by atoms with van der Waals surface area (Å²) in [6.45, 7) is 2.28. The van der Waals surface area contributed by atoms with E-state index < -0.39 is 0 Å². The predicted molar refractivity (Wildman–Crippen MR) is 79.5 cm³/mol. The van der Waals surface area contributed by atoms with Crippen molar-refractivity contribution in [3.8, 4) is 5.75 Å². The predicted octanol–water partition coefficient (Wildman–Crippen LogP) is 2.44. The summed E-state index contributed by atoms with van der Waals surface area (Å²) in [7, 11) is 3.94. The number of benzene rings is 1. The second kappa shape index (κ2) is 6.40. The highest BCUT2D eigenvalue weighted by Crippen LogP contribution is 2.26. The Balaban J connectivity index is 2.01. The lowest BCUT2D eigenvalue weighted by Crippen LogP contribution is -2.46. The fourth-order valence-corrected chi connectivity index (χ4v) is 3.14. The summed E-state index contributed by atoms with van der Waals surface area (Å²) in [5, 5.41) is 0. The Labute approximate surface area is 116 Å². The molecule has 1 fully saturated rings. The Morgan fingerprint density at radius 1 is 1.37 bits per heavy atom. The molecular formula is C16H26N2O. The summed E-state index contributed by atoms with van der Waals surface area (Å²) in [6, 6.07) is 9.62. The first-order chi connectivity index (χ1) is 9.13. The number of likely N-dealkylation sites (N-methyl/N-ethyl adjacent to an activating group) is 1. The number of nitrogens with two attached hydrogens (primary N) is 1. The van der Waals surface area contributed by atoms with Crippen molar-refractivity contribution in [2.45, 2.75) is 50.7 Å². The smallest absolute Gasteiger partial charge is 0.122 e. The largest absolute Gasteiger partial charge is 0.496 e. The van der Waals surface area contributed by atoms with E-state index in [4.69, 9.17) is 10.5 Å². The Hall–Kier alpha value is -1.06. The van der Waals surface area contributed by atoms with Gasteiger partial charge in [0.05, 0.1) is 7.11 Å². The van der Waals surface area contributed by atoms with Gasteiger partial charge in [0.25, 0.3) is 0 Å². The lowest BCUT2D eigenvalue weighted by atomic mass is 10.0. The summed E-state index contributed by atoms with van der Waals surface area (Å²) in [4.78, 5) is 2.45. The molecule has 3 heteroatoms. The summed E-state index contributed by atoms with van der Waals surface area (Å²) < 4.78 is 5.43. The first-order valence-corrected chi connectivity index (χ1v) is 7.23. The molecule has 0 amide bonds. The highest BCUT2D eigenvalue weighted by atomic mass is 16.5. The average Bonchev–Trinajstić information content (AvgIpc) is 2.84. The molecule has 1 aliphatic carbocycles. The zero-order valence-electron chi connectivity index (χ0n) is 12.3. The monoisotopic (exact) mass is 262 g/mol. The third-order valence-electron chi connectivity index (χ3n) is 4.46. The molecule has 0 aromatic heterocycles. The van der Waals surface area contributed by atoms with Crippen LogP contribution in [0.15, 0.2) is 24.3 Å². The van der Waals surface area contributed by atoms with Crippen LogP contribution in [0.1, 0.15) is 31.7 Å². The number of hydrogen-bond acceptors (Lipinski definition) is 3. The molecular weight excluding hydrogens is 236 g/mol. The fraction of sp³-hybridized carbons (Fsp3) is 0.625. The van der Waals surface area contributed by atoms with E-state index in [1.165, 1.54) is 18.4 Å². The SMILES string of the molecule is COc1ccccc1CC(C)N(C)C1CCCC1N. The van der Waals surface area contributed by atoms with Crippen LogP contribution in [0, 0.1) is 0 Å². The molecule has 19 heavy (non-hydrogen) atoms. The fourth-order valence-electron chi connectivity index (χ4n) is 3.14. The van der Waals surface area contributed by atoms with Crippen LogP contribution >= 0.6 is 0 Å². The van der Waals surface area contributed by atoms with Crippen molar-refractivity contribution in [1.82, 2.24) is 4.90 Å². The van der Waals surface area contributed by atoms with Gasteiger partial charge in [-0.1, -0.05) is 24.6 Å². The molecule has 1 aliphatic rings. The highest BCUT2D eigenvalue weighted by molar-refractivity contribution is 5.33. The normalized spacial score (nSPS) is 24.7. The van der Waals surface area contributed by atoms with Gasteiger partial charge in [-0.25, -0.2) is 0 Å². The zero-order valence-corrected chi connectivity index (χ0v) is 12.3. The molecule has 1 aromatic carbocycles. The molecule has 3 unspecified atom stereocenters. The van der Waals surface area contributed by atoms with E-state index in [9.17, 15) is 0 Å². The number of nitrogens with zero attached hydrogens (tertiary/aromatic N) is 1. The minimum absolute atomic E-state index is 0.338. The number of hydrogen-bond donors (Lipinski definition) is 1. The molecule has 0 radical (unpaired) electrons. The molecule has 2 N–H and O–H groups in total. The third-order valence-corrected chi connectivity index (χ3v) is 4.46. The van der Waals surface area contributed by atoms with Gasteiger partial charge in [-0.15, -0.1) is 0 Å². The van der Waals surface area contributed by atoms with E-state index in [2.05, 4.69) is 31.0 Å². The molecule has 2 rings (SSSR count). The van der Waals surface area contributed by atoms with E-state index in [-0.39, 0.29) is 0 Å². The van der Waals surface area contributed by atoms with Crippen LogP contribution in [-0.4, -0.2) is 37.2 Å². The minimum Gasteiger partial charge on any atom is -0.496 e. The van der Waals surface area contributed by atoms with Crippen molar-refractivity contribution < 1.29 is 4.74 Å². The van der Waals surface area contributed by atoms with Gasteiger partial charge < -0.3 is 10.5 Å².